The van der Waals surface area contributed by atoms with Crippen LogP contribution in [0.5, 0.6) is 0 Å². The molecule has 2 saturated carbocycles. The van der Waals surface area contributed by atoms with Crippen LogP contribution in [0.1, 0.15) is 64.1 Å². The topological polar surface area (TPSA) is 125 Å². The molecule has 0 saturated heterocycles. The smallest absolute Gasteiger partial charge is 0.373 e. The summed E-state index contributed by atoms with van der Waals surface area (Å²) in [5.41, 5.74) is 2.68. The van der Waals surface area contributed by atoms with Gasteiger partial charge in [-0.15, -0.1) is 0 Å². The zero-order valence-corrected chi connectivity index (χ0v) is 22.3. The number of ether oxygens (including phenoxy) is 1. The standard InChI is InChI=1S/C27H32ClN7O3/c1-16-6-8-17(9-7-16)13-35-21(15-37-14-18-4-2-3-5-18)30-24-23(35)22(19-10-20(28)12-29-11-19)31-25(32-24)26-33-27(36)38-34-26/h10-12,16-18H,2-9,13-15H2,1H3,(H,33,34,36)/t16-,17-. The predicted molar refractivity (Wildman–Crippen MR) is 142 cm³/mol. The number of H-pyrrole nitrogens is 1. The van der Waals surface area contributed by atoms with Gasteiger partial charge < -0.3 is 9.30 Å². The first-order chi connectivity index (χ1) is 18.5. The molecule has 0 bridgehead atoms. The van der Waals surface area contributed by atoms with Crippen molar-refractivity contribution < 1.29 is 9.26 Å². The van der Waals surface area contributed by atoms with E-state index in [0.717, 1.165) is 36.0 Å². The SMILES string of the molecule is C[C@H]1CC[C@H](Cn2c(COCC3CCCC3)nc3nc(-c4noc(=O)[nH]4)nc(-c4cncc(Cl)c4)c32)CC1. The summed E-state index contributed by atoms with van der Waals surface area (Å²) in [6.45, 7) is 4.29. The van der Waals surface area contributed by atoms with Crippen LogP contribution >= 0.6 is 11.6 Å². The molecule has 0 atom stereocenters. The molecule has 2 fully saturated rings. The third kappa shape index (κ3) is 5.37. The Bertz CT molecular complexity index is 1470. The molecule has 0 unspecified atom stereocenters. The van der Waals surface area contributed by atoms with Gasteiger partial charge >= 0.3 is 5.76 Å². The van der Waals surface area contributed by atoms with Gasteiger partial charge in [0.15, 0.2) is 5.65 Å². The largest absolute Gasteiger partial charge is 0.439 e. The fraction of sp³-hybridized carbons (Fsp3) is 0.556. The maximum atomic E-state index is 11.7. The Labute approximate surface area is 225 Å². The van der Waals surface area contributed by atoms with Crippen molar-refractivity contribution >= 4 is 22.8 Å². The Hall–Kier alpha value is -3.11. The summed E-state index contributed by atoms with van der Waals surface area (Å²) in [5, 5.41) is 4.30. The molecule has 2 aliphatic carbocycles. The van der Waals surface area contributed by atoms with Gasteiger partial charge in [0.2, 0.25) is 11.6 Å². The minimum absolute atomic E-state index is 0.142. The zero-order valence-electron chi connectivity index (χ0n) is 21.5. The first kappa shape index (κ1) is 25.2. The quantitative estimate of drug-likeness (QED) is 0.316. The maximum Gasteiger partial charge on any atom is 0.439 e. The van der Waals surface area contributed by atoms with Crippen LogP contribution in [0, 0.1) is 17.8 Å². The summed E-state index contributed by atoms with van der Waals surface area (Å²) in [5.74, 6) is 2.44. The van der Waals surface area contributed by atoms with E-state index in [-0.39, 0.29) is 11.6 Å². The summed E-state index contributed by atoms with van der Waals surface area (Å²) in [6, 6.07) is 1.82. The van der Waals surface area contributed by atoms with E-state index in [1.54, 1.807) is 12.4 Å². The number of fused-ring (bicyclic) bond motifs is 1. The molecule has 1 N–H and O–H groups in total. The predicted octanol–water partition coefficient (Wildman–Crippen LogP) is 5.42. The number of nitrogens with one attached hydrogen (secondary N) is 1. The Morgan fingerprint density at radius 1 is 1.08 bits per heavy atom. The molecule has 0 aromatic carbocycles. The van der Waals surface area contributed by atoms with Crippen molar-refractivity contribution in [1.29, 1.82) is 0 Å². The summed E-state index contributed by atoms with van der Waals surface area (Å²) in [7, 11) is 0. The minimum Gasteiger partial charge on any atom is -0.373 e. The van der Waals surface area contributed by atoms with Crippen LogP contribution < -0.4 is 5.76 Å². The van der Waals surface area contributed by atoms with E-state index in [1.807, 2.05) is 6.07 Å². The number of hydrogen-bond acceptors (Lipinski definition) is 8. The highest BCUT2D eigenvalue weighted by atomic mass is 35.5. The molecule has 0 spiro atoms. The monoisotopic (exact) mass is 537 g/mol. The van der Waals surface area contributed by atoms with Crippen LogP contribution in [0.15, 0.2) is 27.8 Å². The molecule has 0 radical (unpaired) electrons. The Morgan fingerprint density at radius 2 is 1.89 bits per heavy atom. The second kappa shape index (κ2) is 10.9. The second-order valence-corrected chi connectivity index (χ2v) is 11.3. The van der Waals surface area contributed by atoms with Crippen molar-refractivity contribution in [2.24, 2.45) is 17.8 Å². The van der Waals surface area contributed by atoms with Crippen molar-refractivity contribution in [2.45, 2.75) is 71.4 Å². The van der Waals surface area contributed by atoms with Crippen LogP contribution in [0.25, 0.3) is 34.1 Å². The normalized spacial score (nSPS) is 20.5. The highest BCUT2D eigenvalue weighted by molar-refractivity contribution is 6.30. The van der Waals surface area contributed by atoms with Gasteiger partial charge in [0.25, 0.3) is 0 Å². The average Bonchev–Trinajstić information content (AvgIpc) is 3.66. The number of hydrogen-bond donors (Lipinski definition) is 1. The molecule has 11 heteroatoms. The van der Waals surface area contributed by atoms with Crippen molar-refractivity contribution in [3.63, 3.8) is 0 Å². The number of nitrogens with zero attached hydrogens (tertiary/aromatic N) is 6. The fourth-order valence-corrected chi connectivity index (χ4v) is 6.00. The lowest BCUT2D eigenvalue weighted by Crippen LogP contribution is -2.20. The third-order valence-electron chi connectivity index (χ3n) is 7.95. The molecular weight excluding hydrogens is 506 g/mol. The lowest BCUT2D eigenvalue weighted by atomic mass is 9.83. The molecule has 4 aromatic heterocycles. The average molecular weight is 538 g/mol. The molecule has 4 aromatic rings. The van der Waals surface area contributed by atoms with Crippen LogP contribution in [0.2, 0.25) is 5.02 Å². The lowest BCUT2D eigenvalue weighted by Gasteiger charge is -2.27. The lowest BCUT2D eigenvalue weighted by molar-refractivity contribution is 0.0818. The van der Waals surface area contributed by atoms with Crippen LogP contribution in [-0.2, 0) is 17.9 Å². The van der Waals surface area contributed by atoms with Gasteiger partial charge in [-0.3, -0.25) is 14.5 Å². The van der Waals surface area contributed by atoms with Crippen molar-refractivity contribution in [1.82, 2.24) is 34.6 Å². The van der Waals surface area contributed by atoms with E-state index in [2.05, 4.69) is 26.6 Å². The third-order valence-corrected chi connectivity index (χ3v) is 8.15. The van der Waals surface area contributed by atoms with Crippen LogP contribution in [0.4, 0.5) is 0 Å². The maximum absolute atomic E-state index is 11.7. The highest BCUT2D eigenvalue weighted by Gasteiger charge is 2.26. The van der Waals surface area contributed by atoms with Gasteiger partial charge in [0.05, 0.1) is 5.02 Å². The van der Waals surface area contributed by atoms with Gasteiger partial charge in [0, 0.05) is 31.1 Å². The number of aromatic nitrogens is 7. The molecule has 6 rings (SSSR count). The zero-order chi connectivity index (χ0) is 26.1. The van der Waals surface area contributed by atoms with E-state index in [4.69, 9.17) is 35.8 Å². The number of rotatable bonds is 8. The summed E-state index contributed by atoms with van der Waals surface area (Å²) in [6.07, 6.45) is 13.2. The van der Waals surface area contributed by atoms with Crippen molar-refractivity contribution in [3.05, 3.63) is 39.9 Å². The Balaban J connectivity index is 1.45. The summed E-state index contributed by atoms with van der Waals surface area (Å²) in [4.78, 5) is 32.9. The molecule has 38 heavy (non-hydrogen) atoms. The number of pyridine rings is 1. The Morgan fingerprint density at radius 3 is 2.63 bits per heavy atom. The first-order valence-corrected chi connectivity index (χ1v) is 13.9. The van der Waals surface area contributed by atoms with E-state index >= 15 is 0 Å². The van der Waals surface area contributed by atoms with Gasteiger partial charge in [-0.25, -0.2) is 19.7 Å². The molecular formula is C27H32ClN7O3. The number of imidazole rings is 1. The van der Waals surface area contributed by atoms with Crippen molar-refractivity contribution in [3.8, 4) is 22.9 Å². The molecule has 0 amide bonds. The number of aromatic amines is 1. The van der Waals surface area contributed by atoms with Crippen molar-refractivity contribution in [2.75, 3.05) is 6.61 Å². The van der Waals surface area contributed by atoms with E-state index in [1.165, 1.54) is 51.4 Å². The Kier molecular flexibility index (Phi) is 7.25. The minimum atomic E-state index is -0.673. The second-order valence-electron chi connectivity index (χ2n) is 10.8. The summed E-state index contributed by atoms with van der Waals surface area (Å²) >= 11 is 6.33. The van der Waals surface area contributed by atoms with E-state index < -0.39 is 5.76 Å². The van der Waals surface area contributed by atoms with Gasteiger partial charge in [0.1, 0.15) is 23.6 Å². The summed E-state index contributed by atoms with van der Waals surface area (Å²) < 4.78 is 13.2. The highest BCUT2D eigenvalue weighted by Crippen LogP contribution is 2.34. The fourth-order valence-electron chi connectivity index (χ4n) is 5.83. The van der Waals surface area contributed by atoms with Gasteiger partial charge in [-0.2, -0.15) is 0 Å². The van der Waals surface area contributed by atoms with Gasteiger partial charge in [-0.1, -0.05) is 49.4 Å². The van der Waals surface area contributed by atoms with Crippen LogP contribution in [0.3, 0.4) is 0 Å². The number of halogens is 1. The molecule has 4 heterocycles. The molecule has 10 nitrogen and oxygen atoms in total. The first-order valence-electron chi connectivity index (χ1n) is 13.6. The molecule has 0 aliphatic heterocycles. The van der Waals surface area contributed by atoms with Crippen LogP contribution in [-0.4, -0.2) is 41.3 Å². The van der Waals surface area contributed by atoms with Gasteiger partial charge in [-0.05, 0) is 49.5 Å². The molecule has 200 valence electrons. The van der Waals surface area contributed by atoms with E-state index in [9.17, 15) is 4.79 Å². The molecule has 2 aliphatic rings. The van der Waals surface area contributed by atoms with E-state index in [0.29, 0.717) is 34.8 Å².